The number of Topliss-reactive ketones (excluding diaryl/α,β-unsaturated/α-hetero) is 1. The summed E-state index contributed by atoms with van der Waals surface area (Å²) in [5.74, 6) is -5.59. The predicted octanol–water partition coefficient (Wildman–Crippen LogP) is -1.61. The lowest BCUT2D eigenvalue weighted by molar-refractivity contribution is -0.153. The zero-order valence-corrected chi connectivity index (χ0v) is 6.83. The molecule has 0 aromatic rings. The smallest absolute Gasteiger partial charge is 0.326 e. The first kappa shape index (κ1) is 9.37. The van der Waals surface area contributed by atoms with Gasteiger partial charge in [0.25, 0.3) is 5.91 Å². The molecule has 0 spiro atoms. The van der Waals surface area contributed by atoms with Gasteiger partial charge in [-0.2, -0.15) is 0 Å². The van der Waals surface area contributed by atoms with Crippen LogP contribution in [-0.2, 0) is 23.9 Å². The van der Waals surface area contributed by atoms with Gasteiger partial charge in [-0.05, 0) is 6.92 Å². The number of hydrogen-bond acceptors (Lipinski definition) is 5. The van der Waals surface area contributed by atoms with Gasteiger partial charge in [0, 0.05) is 0 Å². The van der Waals surface area contributed by atoms with Crippen molar-refractivity contribution in [3.63, 3.8) is 0 Å². The normalized spacial score (nSPS) is 21.6. The quantitative estimate of drug-likeness (QED) is 0.242. The third-order valence-corrected chi connectivity index (χ3v) is 1.51. The van der Waals surface area contributed by atoms with Gasteiger partial charge in [-0.1, -0.05) is 0 Å². The Morgan fingerprint density at radius 2 is 2.08 bits per heavy atom. The number of amides is 2. The molecule has 1 N–H and O–H groups in total. The highest BCUT2D eigenvalue weighted by Gasteiger charge is 2.46. The number of ether oxygens (including phenoxy) is 1. The highest BCUT2D eigenvalue weighted by molar-refractivity contribution is 6.52. The van der Waals surface area contributed by atoms with Crippen LogP contribution in [0, 0.1) is 5.92 Å². The van der Waals surface area contributed by atoms with Crippen LogP contribution in [0.2, 0.25) is 0 Å². The monoisotopic (exact) mass is 185 g/mol. The standard InChI is InChI=1S/C7H7NO5/c1-2-13-7(12)3-4(9)6(11)8-5(3)10/h3H,2H2,1H3,(H,8,10,11). The zero-order chi connectivity index (χ0) is 10.0. The molecule has 70 valence electrons. The molecule has 0 aromatic carbocycles. The topological polar surface area (TPSA) is 89.5 Å². The summed E-state index contributed by atoms with van der Waals surface area (Å²) in [4.78, 5) is 43.3. The summed E-state index contributed by atoms with van der Waals surface area (Å²) in [6.07, 6.45) is 0. The van der Waals surface area contributed by atoms with Crippen LogP contribution in [0.3, 0.4) is 0 Å². The second kappa shape index (κ2) is 3.34. The van der Waals surface area contributed by atoms with E-state index in [9.17, 15) is 19.2 Å². The van der Waals surface area contributed by atoms with Crippen LogP contribution in [0.25, 0.3) is 0 Å². The number of rotatable bonds is 2. The van der Waals surface area contributed by atoms with E-state index in [2.05, 4.69) is 4.74 Å². The summed E-state index contributed by atoms with van der Waals surface area (Å²) in [5.41, 5.74) is 0. The van der Waals surface area contributed by atoms with Gasteiger partial charge in [0.15, 0.2) is 0 Å². The molecule has 0 aliphatic carbocycles. The van der Waals surface area contributed by atoms with Crippen molar-refractivity contribution in [3.8, 4) is 0 Å². The number of carbonyl (C=O) groups excluding carboxylic acids is 4. The molecule has 1 atom stereocenters. The van der Waals surface area contributed by atoms with E-state index >= 15 is 0 Å². The Labute approximate surface area is 73.2 Å². The number of esters is 1. The summed E-state index contributed by atoms with van der Waals surface area (Å²) >= 11 is 0. The zero-order valence-electron chi connectivity index (χ0n) is 6.83. The number of hydrogen-bond donors (Lipinski definition) is 1. The Kier molecular flexibility index (Phi) is 2.41. The molecule has 13 heavy (non-hydrogen) atoms. The number of nitrogens with one attached hydrogen (secondary N) is 1. The molecule has 1 rings (SSSR count). The molecule has 0 saturated carbocycles. The second-order valence-corrected chi connectivity index (χ2v) is 2.37. The maximum absolute atomic E-state index is 11.0. The molecule has 1 saturated heterocycles. The van der Waals surface area contributed by atoms with Gasteiger partial charge in [-0.25, -0.2) is 0 Å². The molecule has 2 amide bonds. The average molecular weight is 185 g/mol. The molecular formula is C7H7NO5. The fourth-order valence-electron chi connectivity index (χ4n) is 0.935. The Bertz CT molecular complexity index is 295. The van der Waals surface area contributed by atoms with Crippen LogP contribution in [0.5, 0.6) is 0 Å². The molecule has 0 bridgehead atoms. The molecule has 6 nitrogen and oxygen atoms in total. The third kappa shape index (κ3) is 1.56. The summed E-state index contributed by atoms with van der Waals surface area (Å²) in [6, 6.07) is 0. The lowest BCUT2D eigenvalue weighted by Crippen LogP contribution is -2.29. The van der Waals surface area contributed by atoms with Crippen molar-refractivity contribution in [2.75, 3.05) is 6.61 Å². The first-order valence-corrected chi connectivity index (χ1v) is 3.63. The number of carbonyl (C=O) groups is 4. The molecular weight excluding hydrogens is 178 g/mol. The van der Waals surface area contributed by atoms with Crippen LogP contribution in [0.15, 0.2) is 0 Å². The van der Waals surface area contributed by atoms with Crippen molar-refractivity contribution >= 4 is 23.6 Å². The van der Waals surface area contributed by atoms with Crippen LogP contribution in [0.1, 0.15) is 6.92 Å². The highest BCUT2D eigenvalue weighted by atomic mass is 16.5. The molecule has 6 heteroatoms. The number of imide groups is 1. The Balaban J connectivity index is 2.80. The third-order valence-electron chi connectivity index (χ3n) is 1.51. The SMILES string of the molecule is CCOC(=O)C1C(=O)NC(=O)C1=O. The minimum Gasteiger partial charge on any atom is -0.465 e. The van der Waals surface area contributed by atoms with Gasteiger partial charge < -0.3 is 4.74 Å². The molecule has 1 aliphatic rings. The van der Waals surface area contributed by atoms with Crippen LogP contribution < -0.4 is 5.32 Å². The first-order chi connectivity index (χ1) is 6.07. The van der Waals surface area contributed by atoms with E-state index in [0.717, 1.165) is 0 Å². The van der Waals surface area contributed by atoms with Crippen molar-refractivity contribution in [1.29, 1.82) is 0 Å². The Morgan fingerprint density at radius 3 is 2.46 bits per heavy atom. The second-order valence-electron chi connectivity index (χ2n) is 2.37. The van der Waals surface area contributed by atoms with Gasteiger partial charge in [-0.3, -0.25) is 24.5 Å². The van der Waals surface area contributed by atoms with E-state index in [-0.39, 0.29) is 6.61 Å². The number of ketones is 1. The largest absolute Gasteiger partial charge is 0.465 e. The molecule has 1 heterocycles. The van der Waals surface area contributed by atoms with Crippen molar-refractivity contribution in [2.24, 2.45) is 5.92 Å². The Morgan fingerprint density at radius 1 is 1.46 bits per heavy atom. The van der Waals surface area contributed by atoms with Gasteiger partial charge in [0.1, 0.15) is 0 Å². The molecule has 0 radical (unpaired) electrons. The Hall–Kier alpha value is -1.72. The summed E-state index contributed by atoms with van der Waals surface area (Å²) in [6.45, 7) is 1.60. The predicted molar refractivity (Wildman–Crippen MR) is 38.3 cm³/mol. The van der Waals surface area contributed by atoms with E-state index in [1.807, 2.05) is 0 Å². The molecule has 1 aliphatic heterocycles. The van der Waals surface area contributed by atoms with Crippen LogP contribution in [0.4, 0.5) is 0 Å². The minimum atomic E-state index is -1.60. The lowest BCUT2D eigenvalue weighted by Gasteiger charge is -2.02. The summed E-state index contributed by atoms with van der Waals surface area (Å²) < 4.78 is 4.44. The van der Waals surface area contributed by atoms with E-state index in [0.29, 0.717) is 0 Å². The highest BCUT2D eigenvalue weighted by Crippen LogP contribution is 2.08. The lowest BCUT2D eigenvalue weighted by atomic mass is 10.1. The van der Waals surface area contributed by atoms with Crippen molar-refractivity contribution in [3.05, 3.63) is 0 Å². The summed E-state index contributed by atoms with van der Waals surface area (Å²) in [7, 11) is 0. The van der Waals surface area contributed by atoms with Crippen LogP contribution >= 0.6 is 0 Å². The first-order valence-electron chi connectivity index (χ1n) is 3.63. The van der Waals surface area contributed by atoms with Crippen molar-refractivity contribution in [1.82, 2.24) is 5.32 Å². The molecule has 1 fully saturated rings. The van der Waals surface area contributed by atoms with Gasteiger partial charge >= 0.3 is 5.97 Å². The van der Waals surface area contributed by atoms with E-state index in [1.54, 1.807) is 5.32 Å². The van der Waals surface area contributed by atoms with Gasteiger partial charge in [0.05, 0.1) is 6.61 Å². The average Bonchev–Trinajstić information content (AvgIpc) is 2.27. The van der Waals surface area contributed by atoms with E-state index in [1.165, 1.54) is 6.92 Å². The molecule has 0 aromatic heterocycles. The van der Waals surface area contributed by atoms with Crippen molar-refractivity contribution < 1.29 is 23.9 Å². The van der Waals surface area contributed by atoms with Crippen molar-refractivity contribution in [2.45, 2.75) is 6.92 Å². The van der Waals surface area contributed by atoms with E-state index in [4.69, 9.17) is 0 Å². The maximum atomic E-state index is 11.0. The molecule has 1 unspecified atom stereocenters. The minimum absolute atomic E-state index is 0.0596. The summed E-state index contributed by atoms with van der Waals surface area (Å²) in [5, 5.41) is 1.73. The fourth-order valence-corrected chi connectivity index (χ4v) is 0.935. The van der Waals surface area contributed by atoms with Crippen LogP contribution in [-0.4, -0.2) is 30.2 Å². The fraction of sp³-hybridized carbons (Fsp3) is 0.429. The van der Waals surface area contributed by atoms with Gasteiger partial charge in [0.2, 0.25) is 17.6 Å². The van der Waals surface area contributed by atoms with E-state index < -0.39 is 29.5 Å². The van der Waals surface area contributed by atoms with Gasteiger partial charge in [-0.15, -0.1) is 0 Å². The maximum Gasteiger partial charge on any atom is 0.326 e.